The van der Waals surface area contributed by atoms with Crippen molar-refractivity contribution in [3.63, 3.8) is 0 Å². The summed E-state index contributed by atoms with van der Waals surface area (Å²) in [5, 5.41) is -20.7. The van der Waals surface area contributed by atoms with E-state index in [1.807, 2.05) is 0 Å². The Balaban J connectivity index is 0.000000380. The fourth-order valence-electron chi connectivity index (χ4n) is 10.7. The topological polar surface area (TPSA) is 0 Å². The maximum Gasteiger partial charge on any atom is 0.198 e. The first kappa shape index (κ1) is 62.1. The summed E-state index contributed by atoms with van der Waals surface area (Å²) in [7, 11) is -0.877. The summed E-state index contributed by atoms with van der Waals surface area (Å²) in [5.41, 5.74) is -15.9. The van der Waals surface area contributed by atoms with Crippen molar-refractivity contribution in [2.24, 2.45) is 0 Å². The van der Waals surface area contributed by atoms with Gasteiger partial charge in [0.1, 0.15) is 68.6 Å². The molecule has 0 amide bonds. The van der Waals surface area contributed by atoms with Gasteiger partial charge in [0, 0.05) is 0 Å². The second-order valence-corrected chi connectivity index (χ2v) is 21.3. The number of fused-ring (bicyclic) bond motifs is 4. The van der Waals surface area contributed by atoms with Crippen LogP contribution in [-0.4, -0.2) is 6.15 Å². The molecule has 0 radical (unpaired) electrons. The monoisotopic (exact) mass is 1290 g/mol. The van der Waals surface area contributed by atoms with Crippen molar-refractivity contribution in [3.05, 3.63) is 254 Å². The molecule has 0 N–H and O–H groups in total. The van der Waals surface area contributed by atoms with Gasteiger partial charge in [-0.2, -0.15) is 0 Å². The zero-order valence-corrected chi connectivity index (χ0v) is 42.8. The van der Waals surface area contributed by atoms with Gasteiger partial charge in [-0.3, -0.25) is 0 Å². The van der Waals surface area contributed by atoms with Crippen LogP contribution in [0, 0.1) is 163 Å². The highest BCUT2D eigenvalue weighted by Crippen LogP contribution is 2.41. The smallest absolute Gasteiger partial charge is 0.198 e. The van der Waals surface area contributed by atoms with Gasteiger partial charge >= 0.3 is 0 Å². The molecule has 0 saturated heterocycles. The summed E-state index contributed by atoms with van der Waals surface area (Å²) < 4.78 is 442. The van der Waals surface area contributed by atoms with E-state index in [2.05, 4.69) is 91.0 Å². The van der Waals surface area contributed by atoms with E-state index in [1.165, 1.54) is 15.9 Å². The number of hydrogen-bond acceptors (Lipinski definition) is 0. The van der Waals surface area contributed by atoms with Crippen molar-refractivity contribution in [3.8, 4) is 0 Å². The van der Waals surface area contributed by atoms with Crippen LogP contribution in [0.5, 0.6) is 0 Å². The molecule has 11 aromatic carbocycles. The molecule has 0 nitrogen and oxygen atoms in total. The van der Waals surface area contributed by atoms with Gasteiger partial charge in [-0.25, -0.2) is 123 Å². The molecule has 88 heavy (non-hydrogen) atoms. The van der Waals surface area contributed by atoms with Crippen molar-refractivity contribution in [1.29, 1.82) is 0 Å². The van der Waals surface area contributed by atoms with Gasteiger partial charge in [0.05, 0.1) is 51.0 Å². The van der Waals surface area contributed by atoms with Gasteiger partial charge in [0.25, 0.3) is 0 Å². The van der Waals surface area contributed by atoms with E-state index < -0.39 is 242 Å². The Morgan fingerprint density at radius 3 is 0.455 bits per heavy atom. The quantitative estimate of drug-likeness (QED) is 0.0490. The lowest BCUT2D eigenvalue weighted by Gasteiger charge is -2.45. The first-order valence-electron chi connectivity index (χ1n) is 23.9. The van der Waals surface area contributed by atoms with Crippen molar-refractivity contribution in [2.75, 3.05) is 0 Å². The molecule has 0 aliphatic heterocycles. The summed E-state index contributed by atoms with van der Waals surface area (Å²) >= 11 is 0. The SMILES string of the molecule is Fc1c(F)c(F)c2c(F)c([B-](c3c(F)c(F)c4c(F)c(F)c(F)c(F)c4c3F)(c3c(F)c(F)c4c(F)c(F)c(F)c(F)c4c3F)c3c(F)c(F)c4c(F)c(F)c(F)c(F)c4c3F)c(F)c(F)c2c1F.c1ccc([PH+](c2ccccc2)c2ccccc2)cc1. The van der Waals surface area contributed by atoms with Gasteiger partial charge in [0.15, 0.2) is 116 Å². The van der Waals surface area contributed by atoms with Gasteiger partial charge in [-0.05, 0) is 36.4 Å². The number of hydrogen-bond donors (Lipinski definition) is 0. The first-order chi connectivity index (χ1) is 41.4. The molecule has 0 aliphatic carbocycles. The van der Waals surface area contributed by atoms with Gasteiger partial charge in [0.2, 0.25) is 0 Å². The molecule has 452 valence electrons. The van der Waals surface area contributed by atoms with Gasteiger partial charge in [-0.1, -0.05) is 54.6 Å². The van der Waals surface area contributed by atoms with E-state index >= 15 is 87.8 Å². The molecule has 0 atom stereocenters. The highest BCUT2D eigenvalue weighted by Gasteiger charge is 2.52. The Morgan fingerprint density at radius 1 is 0.159 bits per heavy atom. The molecule has 0 unspecified atom stereocenters. The third-order valence-corrected chi connectivity index (χ3v) is 17.1. The molecule has 0 aliphatic rings. The van der Waals surface area contributed by atoms with Crippen LogP contribution in [0.2, 0.25) is 0 Å². The van der Waals surface area contributed by atoms with E-state index in [9.17, 15) is 35.1 Å². The molecular weight excluding hydrogens is 1270 g/mol. The summed E-state index contributed by atoms with van der Waals surface area (Å²) in [6.07, 6.45) is -7.99. The zero-order valence-electron chi connectivity index (χ0n) is 41.8. The van der Waals surface area contributed by atoms with Crippen LogP contribution < -0.4 is 37.8 Å². The number of rotatable bonds is 7. The Bertz CT molecular complexity index is 4250. The molecule has 0 fully saturated rings. The third-order valence-electron chi connectivity index (χ3n) is 14.4. The van der Waals surface area contributed by atoms with Gasteiger partial charge < -0.3 is 0 Å². The lowest BCUT2D eigenvalue weighted by molar-refractivity contribution is 0.412. The molecular formula is C58H16BF28P. The largest absolute Gasteiger partial charge is 0.210 e. The van der Waals surface area contributed by atoms with Crippen LogP contribution >= 0.6 is 7.92 Å². The van der Waals surface area contributed by atoms with E-state index in [0.29, 0.717) is 0 Å². The van der Waals surface area contributed by atoms with Crippen LogP contribution in [0.1, 0.15) is 0 Å². The summed E-state index contributed by atoms with van der Waals surface area (Å²) in [5.74, 6) is -102. The van der Waals surface area contributed by atoms with Crippen LogP contribution in [0.4, 0.5) is 123 Å². The van der Waals surface area contributed by atoms with Crippen LogP contribution in [0.15, 0.2) is 91.0 Å². The van der Waals surface area contributed by atoms with Crippen LogP contribution in [0.3, 0.4) is 0 Å². The van der Waals surface area contributed by atoms with Crippen LogP contribution in [-0.2, 0) is 0 Å². The maximum absolute atomic E-state index is 17.4. The minimum Gasteiger partial charge on any atom is -0.210 e. The van der Waals surface area contributed by atoms with Crippen LogP contribution in [0.25, 0.3) is 43.1 Å². The highest BCUT2D eigenvalue weighted by molar-refractivity contribution is 7.79. The lowest BCUT2D eigenvalue weighted by Crippen LogP contribution is -2.80. The molecule has 11 aromatic rings. The minimum absolute atomic E-state index is 0.877. The van der Waals surface area contributed by atoms with Gasteiger partial charge in [-0.15, -0.1) is 21.9 Å². The Labute approximate surface area is 470 Å². The Kier molecular flexibility index (Phi) is 15.7. The predicted molar refractivity (Wildman–Crippen MR) is 265 cm³/mol. The molecule has 0 spiro atoms. The highest BCUT2D eigenvalue weighted by atomic mass is 31.1. The van der Waals surface area contributed by atoms with Crippen molar-refractivity contribution in [2.45, 2.75) is 0 Å². The first-order valence-corrected chi connectivity index (χ1v) is 25.4. The van der Waals surface area contributed by atoms with Crippen molar-refractivity contribution >= 4 is 94.9 Å². The fraction of sp³-hybridized carbons (Fsp3) is 0. The average molecular weight is 1290 g/mol. The molecule has 0 heterocycles. The lowest BCUT2D eigenvalue weighted by atomic mass is 9.12. The Hall–Kier alpha value is -9.01. The summed E-state index contributed by atoms with van der Waals surface area (Å²) in [4.78, 5) is 0. The molecule has 0 saturated carbocycles. The second-order valence-electron chi connectivity index (χ2n) is 18.8. The van der Waals surface area contributed by atoms with Crippen molar-refractivity contribution in [1.82, 2.24) is 0 Å². The normalized spacial score (nSPS) is 12.0. The molecule has 0 aromatic heterocycles. The average Bonchev–Trinajstić information content (AvgIpc) is 0.673. The maximum atomic E-state index is 17.4. The van der Waals surface area contributed by atoms with E-state index in [-0.39, 0.29) is 0 Å². The van der Waals surface area contributed by atoms with E-state index in [4.69, 9.17) is 0 Å². The van der Waals surface area contributed by atoms with E-state index in [0.717, 1.165) is 0 Å². The van der Waals surface area contributed by atoms with E-state index in [1.54, 1.807) is 0 Å². The third kappa shape index (κ3) is 8.63. The summed E-state index contributed by atoms with van der Waals surface area (Å²) in [6, 6.07) is 32.5. The molecule has 0 bridgehead atoms. The molecule has 30 heteroatoms. The number of halogens is 28. The zero-order chi connectivity index (χ0) is 64.5. The molecule has 11 rings (SSSR count). The number of benzene rings is 11. The second kappa shape index (κ2) is 22.3. The minimum atomic E-state index is -7.99. The fourth-order valence-corrected chi connectivity index (χ4v) is 13.3. The standard InChI is InChI=1S/C40BF28.C18H15P/c42-13-1-5(25(54)37(66)33(62)21(1)50)17(46)29(58)9(13)41(10-14(43)2-6(18(47)30(10)59)26(55)38(67)34(63)22(2)51,11-15(44)3-7(19(48)31(11)60)27(56)39(68)35(64)23(3)52)12-16(45)4-8(20(49)32(12)61)28(57)40(69)36(65)24(4)53;1-4-10-16(11-5-1)19(17-12-6-2-7-13-17)18-14-8-3-9-15-18/h;1-15H/q-1;/p+1. The van der Waals surface area contributed by atoms with Crippen molar-refractivity contribution < 1.29 is 123 Å². The Morgan fingerprint density at radius 2 is 0.295 bits per heavy atom. The summed E-state index contributed by atoms with van der Waals surface area (Å²) in [6.45, 7) is 0. The predicted octanol–water partition coefficient (Wildman–Crippen LogP) is 14.7.